The Bertz CT molecular complexity index is 360. The van der Waals surface area contributed by atoms with Crippen LogP contribution in [0.2, 0.25) is 0 Å². The summed E-state index contributed by atoms with van der Waals surface area (Å²) in [4.78, 5) is 8.47. The molecule has 0 aliphatic rings. The average molecular weight is 199 g/mol. The molecule has 0 saturated heterocycles. The fourth-order valence-corrected chi connectivity index (χ4v) is 1.57. The van der Waals surface area contributed by atoms with Crippen molar-refractivity contribution in [3.63, 3.8) is 0 Å². The van der Waals surface area contributed by atoms with Gasteiger partial charge in [0.25, 0.3) is 0 Å². The van der Waals surface area contributed by atoms with Crippen molar-refractivity contribution in [1.29, 1.82) is 0 Å². The van der Waals surface area contributed by atoms with Gasteiger partial charge in [-0.15, -0.1) is 0 Å². The SMILES string of the molecule is NCC(c1ccccc1)c1ncccn1. The molecule has 3 heteroatoms. The van der Waals surface area contributed by atoms with Crippen LogP contribution in [0, 0.1) is 0 Å². The second-order valence-electron chi connectivity index (χ2n) is 3.31. The summed E-state index contributed by atoms with van der Waals surface area (Å²) in [6, 6.07) is 11.9. The van der Waals surface area contributed by atoms with Crippen molar-refractivity contribution >= 4 is 0 Å². The first kappa shape index (κ1) is 9.80. The van der Waals surface area contributed by atoms with Crippen LogP contribution in [0.3, 0.4) is 0 Å². The zero-order valence-electron chi connectivity index (χ0n) is 8.38. The lowest BCUT2D eigenvalue weighted by molar-refractivity contribution is 0.749. The van der Waals surface area contributed by atoms with Gasteiger partial charge in [-0.05, 0) is 11.6 Å². The van der Waals surface area contributed by atoms with Gasteiger partial charge in [0.1, 0.15) is 5.82 Å². The van der Waals surface area contributed by atoms with E-state index in [9.17, 15) is 0 Å². The molecular formula is C12H13N3. The Hall–Kier alpha value is -1.74. The highest BCUT2D eigenvalue weighted by Gasteiger charge is 2.13. The Kier molecular flexibility index (Phi) is 3.05. The van der Waals surface area contributed by atoms with E-state index in [0.717, 1.165) is 11.4 Å². The largest absolute Gasteiger partial charge is 0.329 e. The molecule has 0 aliphatic heterocycles. The third-order valence-electron chi connectivity index (χ3n) is 2.34. The van der Waals surface area contributed by atoms with Gasteiger partial charge in [-0.3, -0.25) is 0 Å². The number of benzene rings is 1. The predicted octanol–water partition coefficient (Wildman–Crippen LogP) is 1.57. The van der Waals surface area contributed by atoms with E-state index in [1.807, 2.05) is 36.4 Å². The Morgan fingerprint density at radius 1 is 1.00 bits per heavy atom. The molecule has 76 valence electrons. The quantitative estimate of drug-likeness (QED) is 0.816. The van der Waals surface area contributed by atoms with E-state index in [1.165, 1.54) is 0 Å². The molecule has 2 N–H and O–H groups in total. The van der Waals surface area contributed by atoms with Crippen LogP contribution in [-0.4, -0.2) is 16.5 Å². The van der Waals surface area contributed by atoms with Gasteiger partial charge < -0.3 is 5.73 Å². The highest BCUT2D eigenvalue weighted by molar-refractivity contribution is 5.25. The number of aromatic nitrogens is 2. The third kappa shape index (κ3) is 2.19. The number of rotatable bonds is 3. The molecule has 1 atom stereocenters. The second kappa shape index (κ2) is 4.66. The van der Waals surface area contributed by atoms with E-state index < -0.39 is 0 Å². The van der Waals surface area contributed by atoms with E-state index in [1.54, 1.807) is 12.4 Å². The van der Waals surface area contributed by atoms with Crippen molar-refractivity contribution in [2.24, 2.45) is 5.73 Å². The van der Waals surface area contributed by atoms with Crippen molar-refractivity contribution in [2.75, 3.05) is 6.54 Å². The van der Waals surface area contributed by atoms with E-state index in [2.05, 4.69) is 9.97 Å². The van der Waals surface area contributed by atoms with Crippen molar-refractivity contribution in [3.05, 3.63) is 60.2 Å². The van der Waals surface area contributed by atoms with E-state index in [0.29, 0.717) is 6.54 Å². The van der Waals surface area contributed by atoms with Crippen LogP contribution in [0.1, 0.15) is 17.3 Å². The maximum atomic E-state index is 5.76. The van der Waals surface area contributed by atoms with Gasteiger partial charge in [0.15, 0.2) is 0 Å². The summed E-state index contributed by atoms with van der Waals surface area (Å²) >= 11 is 0. The van der Waals surface area contributed by atoms with Gasteiger partial charge in [-0.1, -0.05) is 30.3 Å². The Morgan fingerprint density at radius 2 is 1.67 bits per heavy atom. The number of hydrogen-bond acceptors (Lipinski definition) is 3. The minimum atomic E-state index is 0.0902. The minimum absolute atomic E-state index is 0.0902. The predicted molar refractivity (Wildman–Crippen MR) is 59.4 cm³/mol. The van der Waals surface area contributed by atoms with Gasteiger partial charge in [0.2, 0.25) is 0 Å². The van der Waals surface area contributed by atoms with Crippen LogP contribution in [0.15, 0.2) is 48.8 Å². The molecule has 0 spiro atoms. The van der Waals surface area contributed by atoms with Gasteiger partial charge in [0, 0.05) is 18.9 Å². The Morgan fingerprint density at radius 3 is 2.27 bits per heavy atom. The fraction of sp³-hybridized carbons (Fsp3) is 0.167. The number of nitrogens with two attached hydrogens (primary N) is 1. The van der Waals surface area contributed by atoms with Crippen LogP contribution in [-0.2, 0) is 0 Å². The van der Waals surface area contributed by atoms with E-state index in [4.69, 9.17) is 5.73 Å². The molecule has 15 heavy (non-hydrogen) atoms. The third-order valence-corrected chi connectivity index (χ3v) is 2.34. The van der Waals surface area contributed by atoms with Crippen LogP contribution in [0.25, 0.3) is 0 Å². The zero-order chi connectivity index (χ0) is 10.5. The molecule has 1 heterocycles. The summed E-state index contributed by atoms with van der Waals surface area (Å²) in [6.07, 6.45) is 3.49. The molecule has 2 aromatic rings. The highest BCUT2D eigenvalue weighted by atomic mass is 14.9. The van der Waals surface area contributed by atoms with Crippen LogP contribution >= 0.6 is 0 Å². The van der Waals surface area contributed by atoms with Gasteiger partial charge in [-0.2, -0.15) is 0 Å². The summed E-state index contributed by atoms with van der Waals surface area (Å²) in [5.74, 6) is 0.874. The lowest BCUT2D eigenvalue weighted by atomic mass is 9.98. The molecule has 1 unspecified atom stereocenters. The summed E-state index contributed by atoms with van der Waals surface area (Å²) in [7, 11) is 0. The van der Waals surface area contributed by atoms with Gasteiger partial charge >= 0.3 is 0 Å². The first-order valence-electron chi connectivity index (χ1n) is 4.93. The lowest BCUT2D eigenvalue weighted by Crippen LogP contribution is -2.16. The first-order valence-corrected chi connectivity index (χ1v) is 4.93. The normalized spacial score (nSPS) is 12.3. The molecule has 1 aromatic heterocycles. The molecule has 0 amide bonds. The molecule has 3 nitrogen and oxygen atoms in total. The summed E-state index contributed by atoms with van der Waals surface area (Å²) in [6.45, 7) is 0.522. The molecule has 0 saturated carbocycles. The van der Waals surface area contributed by atoms with E-state index >= 15 is 0 Å². The zero-order valence-corrected chi connectivity index (χ0v) is 8.38. The number of nitrogens with zero attached hydrogens (tertiary/aromatic N) is 2. The first-order chi connectivity index (χ1) is 7.42. The van der Waals surface area contributed by atoms with E-state index in [-0.39, 0.29) is 5.92 Å². The molecule has 0 aliphatic carbocycles. The highest BCUT2D eigenvalue weighted by Crippen LogP contribution is 2.19. The maximum Gasteiger partial charge on any atom is 0.136 e. The minimum Gasteiger partial charge on any atom is -0.329 e. The monoisotopic (exact) mass is 199 g/mol. The molecule has 0 radical (unpaired) electrons. The fourth-order valence-electron chi connectivity index (χ4n) is 1.57. The van der Waals surface area contributed by atoms with Crippen LogP contribution < -0.4 is 5.73 Å². The molecular weight excluding hydrogens is 186 g/mol. The van der Waals surface area contributed by atoms with Crippen molar-refractivity contribution in [1.82, 2.24) is 9.97 Å². The van der Waals surface area contributed by atoms with Crippen LogP contribution in [0.4, 0.5) is 0 Å². The van der Waals surface area contributed by atoms with Crippen molar-refractivity contribution < 1.29 is 0 Å². The average Bonchev–Trinajstić information content (AvgIpc) is 2.33. The van der Waals surface area contributed by atoms with Gasteiger partial charge in [-0.25, -0.2) is 9.97 Å². The smallest absolute Gasteiger partial charge is 0.136 e. The lowest BCUT2D eigenvalue weighted by Gasteiger charge is -2.12. The molecule has 2 rings (SSSR count). The molecule has 1 aromatic carbocycles. The Balaban J connectivity index is 2.34. The standard InChI is InChI=1S/C12H13N3/c13-9-11(10-5-2-1-3-6-10)12-14-7-4-8-15-12/h1-8,11H,9,13H2. The maximum absolute atomic E-state index is 5.76. The van der Waals surface area contributed by atoms with Crippen molar-refractivity contribution in [3.8, 4) is 0 Å². The molecule has 0 fully saturated rings. The molecule has 0 bridgehead atoms. The second-order valence-corrected chi connectivity index (χ2v) is 3.31. The summed E-state index contributed by atoms with van der Waals surface area (Å²) < 4.78 is 0. The van der Waals surface area contributed by atoms with Gasteiger partial charge in [0.05, 0.1) is 5.92 Å². The Labute approximate surface area is 89.0 Å². The number of hydrogen-bond donors (Lipinski definition) is 1. The topological polar surface area (TPSA) is 51.8 Å². The van der Waals surface area contributed by atoms with Crippen LogP contribution in [0.5, 0.6) is 0 Å². The summed E-state index contributed by atoms with van der Waals surface area (Å²) in [5, 5.41) is 0. The summed E-state index contributed by atoms with van der Waals surface area (Å²) in [5.41, 5.74) is 6.92. The van der Waals surface area contributed by atoms with Crippen molar-refractivity contribution in [2.45, 2.75) is 5.92 Å².